The molecule has 106 valence electrons. The summed E-state index contributed by atoms with van der Waals surface area (Å²) in [6.07, 6.45) is 4.39. The van der Waals surface area contributed by atoms with Crippen LogP contribution in [-0.4, -0.2) is 27.2 Å². The van der Waals surface area contributed by atoms with E-state index in [2.05, 4.69) is 20.8 Å². The van der Waals surface area contributed by atoms with Crippen LogP contribution in [0.1, 0.15) is 15.9 Å². The van der Waals surface area contributed by atoms with Gasteiger partial charge in [-0.1, -0.05) is 11.6 Å². The molecule has 8 heteroatoms. The molecule has 2 aromatic rings. The highest BCUT2D eigenvalue weighted by atomic mass is 35.5. The third-order valence-corrected chi connectivity index (χ3v) is 2.86. The van der Waals surface area contributed by atoms with Gasteiger partial charge in [-0.15, -0.1) is 0 Å². The molecule has 0 saturated carbocycles. The maximum atomic E-state index is 12.0. The molecule has 0 unspecified atom stereocenters. The molecule has 0 spiro atoms. The molecule has 0 aliphatic carbocycles. The number of amides is 1. The van der Waals surface area contributed by atoms with Gasteiger partial charge >= 0.3 is 0 Å². The Kier molecular flexibility index (Phi) is 4.54. The Labute approximate surface area is 121 Å². The van der Waals surface area contributed by atoms with Crippen LogP contribution in [0.25, 0.3) is 0 Å². The molecule has 4 N–H and O–H groups in total. The highest BCUT2D eigenvalue weighted by Gasteiger charge is 2.08. The van der Waals surface area contributed by atoms with Crippen molar-refractivity contribution in [2.45, 2.75) is 6.42 Å². The number of hydrogen-bond acceptors (Lipinski definition) is 5. The Morgan fingerprint density at radius 1 is 1.50 bits per heavy atom. The standard InChI is InChI=1S/C12H15ClN6O/c1-19-7-8(6-16-19)2-3-15-12(20)9-4-10(13)17-11(5-9)18-14/h4-7H,2-3,14H2,1H3,(H,15,20)(H,17,18). The second-order valence-corrected chi connectivity index (χ2v) is 4.62. The third kappa shape index (κ3) is 3.69. The van der Waals surface area contributed by atoms with Gasteiger partial charge in [0, 0.05) is 25.4 Å². The number of nitrogens with one attached hydrogen (secondary N) is 2. The van der Waals surface area contributed by atoms with Gasteiger partial charge < -0.3 is 10.7 Å². The Bertz CT molecular complexity index is 612. The number of halogens is 1. The number of rotatable bonds is 5. The molecule has 2 aromatic heterocycles. The quantitative estimate of drug-likeness (QED) is 0.429. The lowest BCUT2D eigenvalue weighted by Gasteiger charge is -2.06. The number of pyridine rings is 1. The smallest absolute Gasteiger partial charge is 0.251 e. The average Bonchev–Trinajstić information content (AvgIpc) is 2.83. The van der Waals surface area contributed by atoms with Crippen LogP contribution in [0, 0.1) is 0 Å². The first-order valence-corrected chi connectivity index (χ1v) is 6.36. The van der Waals surface area contributed by atoms with Crippen molar-refractivity contribution in [1.82, 2.24) is 20.1 Å². The van der Waals surface area contributed by atoms with Crippen molar-refractivity contribution in [3.8, 4) is 0 Å². The highest BCUT2D eigenvalue weighted by Crippen LogP contribution is 2.13. The second kappa shape index (κ2) is 6.36. The minimum atomic E-state index is -0.227. The molecule has 0 aliphatic heterocycles. The first-order chi connectivity index (χ1) is 9.58. The van der Waals surface area contributed by atoms with E-state index in [1.54, 1.807) is 10.9 Å². The molecule has 0 fully saturated rings. The summed E-state index contributed by atoms with van der Waals surface area (Å²) in [6, 6.07) is 3.02. The molecule has 20 heavy (non-hydrogen) atoms. The summed E-state index contributed by atoms with van der Waals surface area (Å²) in [6.45, 7) is 0.510. The summed E-state index contributed by atoms with van der Waals surface area (Å²) < 4.78 is 1.72. The van der Waals surface area contributed by atoms with Crippen LogP contribution < -0.4 is 16.6 Å². The summed E-state index contributed by atoms with van der Waals surface area (Å²) in [7, 11) is 1.85. The van der Waals surface area contributed by atoms with Gasteiger partial charge in [0.2, 0.25) is 0 Å². The Balaban J connectivity index is 1.93. The van der Waals surface area contributed by atoms with E-state index in [1.807, 2.05) is 13.2 Å². The zero-order valence-corrected chi connectivity index (χ0v) is 11.7. The van der Waals surface area contributed by atoms with Crippen molar-refractivity contribution >= 4 is 23.3 Å². The highest BCUT2D eigenvalue weighted by molar-refractivity contribution is 6.29. The number of aryl methyl sites for hydroxylation is 1. The summed E-state index contributed by atoms with van der Waals surface area (Å²) >= 11 is 5.81. The van der Waals surface area contributed by atoms with Gasteiger partial charge in [-0.25, -0.2) is 10.8 Å². The van der Waals surface area contributed by atoms with E-state index in [9.17, 15) is 4.79 Å². The van der Waals surface area contributed by atoms with Crippen molar-refractivity contribution < 1.29 is 4.79 Å². The van der Waals surface area contributed by atoms with Crippen molar-refractivity contribution in [3.05, 3.63) is 40.8 Å². The van der Waals surface area contributed by atoms with Gasteiger partial charge in [0.1, 0.15) is 11.0 Å². The normalized spacial score (nSPS) is 10.3. The summed E-state index contributed by atoms with van der Waals surface area (Å²) in [5.41, 5.74) is 3.83. The minimum absolute atomic E-state index is 0.206. The summed E-state index contributed by atoms with van der Waals surface area (Å²) in [4.78, 5) is 15.9. The predicted molar refractivity (Wildman–Crippen MR) is 76.3 cm³/mol. The number of nitrogen functional groups attached to an aromatic ring is 1. The van der Waals surface area contributed by atoms with Crippen LogP contribution >= 0.6 is 11.6 Å². The molecule has 0 saturated heterocycles. The fourth-order valence-corrected chi connectivity index (χ4v) is 1.93. The molecule has 1 amide bonds. The van der Waals surface area contributed by atoms with Crippen molar-refractivity contribution in [2.75, 3.05) is 12.0 Å². The Hall–Kier alpha value is -2.12. The molecular formula is C12H15ClN6O. The van der Waals surface area contributed by atoms with Gasteiger partial charge in [-0.3, -0.25) is 9.48 Å². The topological polar surface area (TPSA) is 97.9 Å². The van der Waals surface area contributed by atoms with Crippen LogP contribution in [-0.2, 0) is 13.5 Å². The van der Waals surface area contributed by atoms with E-state index in [4.69, 9.17) is 17.4 Å². The van der Waals surface area contributed by atoms with Crippen molar-refractivity contribution in [3.63, 3.8) is 0 Å². The van der Waals surface area contributed by atoms with E-state index in [0.717, 1.165) is 5.56 Å². The number of hydrogen-bond donors (Lipinski definition) is 3. The first kappa shape index (κ1) is 14.3. The monoisotopic (exact) mass is 294 g/mol. The van der Waals surface area contributed by atoms with Crippen LogP contribution in [0.4, 0.5) is 5.82 Å². The molecule has 2 rings (SSSR count). The number of nitrogens with zero attached hydrogens (tertiary/aromatic N) is 3. The molecule has 7 nitrogen and oxygen atoms in total. The van der Waals surface area contributed by atoms with E-state index >= 15 is 0 Å². The maximum absolute atomic E-state index is 12.0. The lowest BCUT2D eigenvalue weighted by molar-refractivity contribution is 0.0954. The number of carbonyl (C=O) groups is 1. The van der Waals surface area contributed by atoms with Crippen molar-refractivity contribution in [2.24, 2.45) is 12.9 Å². The lowest BCUT2D eigenvalue weighted by Crippen LogP contribution is -2.26. The fraction of sp³-hybridized carbons (Fsp3) is 0.250. The van der Waals surface area contributed by atoms with Gasteiger partial charge in [-0.2, -0.15) is 5.10 Å². The predicted octanol–water partition coefficient (Wildman–Crippen LogP) is 0.727. The van der Waals surface area contributed by atoms with Crippen molar-refractivity contribution in [1.29, 1.82) is 0 Å². The van der Waals surface area contributed by atoms with E-state index in [1.165, 1.54) is 12.1 Å². The van der Waals surface area contributed by atoms with Gasteiger partial charge in [0.15, 0.2) is 0 Å². The molecule has 0 aromatic carbocycles. The first-order valence-electron chi connectivity index (χ1n) is 5.98. The van der Waals surface area contributed by atoms with Crippen LogP contribution in [0.3, 0.4) is 0 Å². The summed E-state index contributed by atoms with van der Waals surface area (Å²) in [5, 5.41) is 7.07. The van der Waals surface area contributed by atoms with E-state index in [0.29, 0.717) is 24.3 Å². The number of anilines is 1. The van der Waals surface area contributed by atoms with Crippen LogP contribution in [0.5, 0.6) is 0 Å². The van der Waals surface area contributed by atoms with Gasteiger partial charge in [-0.05, 0) is 24.1 Å². The lowest BCUT2D eigenvalue weighted by atomic mass is 10.2. The van der Waals surface area contributed by atoms with E-state index < -0.39 is 0 Å². The van der Waals surface area contributed by atoms with Crippen LogP contribution in [0.15, 0.2) is 24.5 Å². The fourth-order valence-electron chi connectivity index (χ4n) is 1.73. The summed E-state index contributed by atoms with van der Waals surface area (Å²) in [5.74, 6) is 5.37. The number of aromatic nitrogens is 3. The Morgan fingerprint density at radius 2 is 2.30 bits per heavy atom. The molecule has 0 radical (unpaired) electrons. The number of hydrazine groups is 1. The molecule has 0 atom stereocenters. The SMILES string of the molecule is Cn1cc(CCNC(=O)c2cc(Cl)nc(NN)c2)cn1. The van der Waals surface area contributed by atoms with Gasteiger partial charge in [0.25, 0.3) is 5.91 Å². The minimum Gasteiger partial charge on any atom is -0.352 e. The Morgan fingerprint density at radius 3 is 2.95 bits per heavy atom. The average molecular weight is 295 g/mol. The number of nitrogens with two attached hydrogens (primary N) is 1. The largest absolute Gasteiger partial charge is 0.352 e. The van der Waals surface area contributed by atoms with E-state index in [-0.39, 0.29) is 11.1 Å². The zero-order chi connectivity index (χ0) is 14.5. The zero-order valence-electron chi connectivity index (χ0n) is 10.9. The number of carbonyl (C=O) groups excluding carboxylic acids is 1. The van der Waals surface area contributed by atoms with Crippen LogP contribution in [0.2, 0.25) is 5.15 Å². The molecule has 2 heterocycles. The molecular weight excluding hydrogens is 280 g/mol. The third-order valence-electron chi connectivity index (χ3n) is 2.66. The second-order valence-electron chi connectivity index (χ2n) is 4.24. The van der Waals surface area contributed by atoms with Gasteiger partial charge in [0.05, 0.1) is 6.20 Å². The molecule has 0 bridgehead atoms. The molecule has 0 aliphatic rings. The maximum Gasteiger partial charge on any atom is 0.251 e.